The molecule has 0 aliphatic carbocycles. The van der Waals surface area contributed by atoms with Crippen molar-refractivity contribution in [2.24, 2.45) is 0 Å². The van der Waals surface area contributed by atoms with E-state index in [0.717, 1.165) is 13.2 Å². The first-order valence-corrected chi connectivity index (χ1v) is 9.73. The average molecular weight is 369 g/mol. The van der Waals surface area contributed by atoms with Crippen molar-refractivity contribution in [3.8, 4) is 0 Å². The number of hydrogen-bond acceptors (Lipinski definition) is 5. The molecule has 0 aliphatic rings. The third-order valence-corrected chi connectivity index (χ3v) is 4.44. The van der Waals surface area contributed by atoms with E-state index in [2.05, 4.69) is 9.84 Å². The van der Waals surface area contributed by atoms with Crippen molar-refractivity contribution in [3.63, 3.8) is 0 Å². The minimum absolute atomic E-state index is 0.0208. The van der Waals surface area contributed by atoms with Crippen LogP contribution < -0.4 is 5.32 Å². The van der Waals surface area contributed by atoms with Crippen LogP contribution in [0, 0.1) is 0 Å². The Hall–Kier alpha value is -1.32. The number of sulfone groups is 1. The molecule has 1 aromatic carbocycles. The lowest BCUT2D eigenvalue weighted by Gasteiger charge is -2.26. The van der Waals surface area contributed by atoms with E-state index in [-0.39, 0.29) is 10.5 Å². The SMILES string of the molecule is CC(=O)N[C@H](CF)[C@H](OP(=O)(O)O)c1ccc(S(C)(=O)=O)cc1. The zero-order valence-corrected chi connectivity index (χ0v) is 14.1. The molecule has 2 atom stereocenters. The molecule has 8 nitrogen and oxygen atoms in total. The van der Waals surface area contributed by atoms with Crippen molar-refractivity contribution in [2.75, 3.05) is 12.9 Å². The molecule has 0 fully saturated rings. The molecule has 130 valence electrons. The molecule has 0 radical (unpaired) electrons. The number of hydrogen-bond donors (Lipinski definition) is 3. The number of halogens is 1. The van der Waals surface area contributed by atoms with E-state index in [4.69, 9.17) is 9.79 Å². The summed E-state index contributed by atoms with van der Waals surface area (Å²) in [4.78, 5) is 29.0. The van der Waals surface area contributed by atoms with Gasteiger partial charge in [-0.25, -0.2) is 17.4 Å². The van der Waals surface area contributed by atoms with Crippen LogP contribution in [0.25, 0.3) is 0 Å². The molecule has 0 aliphatic heterocycles. The number of benzene rings is 1. The Morgan fingerprint density at radius 3 is 2.22 bits per heavy atom. The first kappa shape index (κ1) is 19.7. The van der Waals surface area contributed by atoms with Crippen LogP contribution in [0.4, 0.5) is 4.39 Å². The Kier molecular flexibility index (Phi) is 6.43. The van der Waals surface area contributed by atoms with E-state index in [9.17, 15) is 22.2 Å². The number of alkyl halides is 1. The summed E-state index contributed by atoms with van der Waals surface area (Å²) in [5, 5.41) is 2.20. The Morgan fingerprint density at radius 2 is 1.87 bits per heavy atom. The van der Waals surface area contributed by atoms with Gasteiger partial charge in [-0.1, -0.05) is 12.1 Å². The maximum atomic E-state index is 13.2. The van der Waals surface area contributed by atoms with Crippen LogP contribution in [0.2, 0.25) is 0 Å². The Labute approximate surface area is 132 Å². The summed E-state index contributed by atoms with van der Waals surface area (Å²) in [5.41, 5.74) is 0.108. The summed E-state index contributed by atoms with van der Waals surface area (Å²) >= 11 is 0. The highest BCUT2D eigenvalue weighted by molar-refractivity contribution is 7.90. The normalized spacial score (nSPS) is 15.0. The number of carbonyl (C=O) groups excluding carboxylic acids is 1. The lowest BCUT2D eigenvalue weighted by molar-refractivity contribution is -0.120. The van der Waals surface area contributed by atoms with Crippen molar-refractivity contribution in [2.45, 2.75) is 24.0 Å². The van der Waals surface area contributed by atoms with E-state index in [0.29, 0.717) is 0 Å². The number of amides is 1. The lowest BCUT2D eigenvalue weighted by atomic mass is 10.0. The fourth-order valence-corrected chi connectivity index (χ4v) is 3.07. The van der Waals surface area contributed by atoms with Crippen molar-refractivity contribution in [1.29, 1.82) is 0 Å². The molecule has 11 heteroatoms. The van der Waals surface area contributed by atoms with Gasteiger partial charge in [0.15, 0.2) is 9.84 Å². The lowest BCUT2D eigenvalue weighted by Crippen LogP contribution is -2.40. The first-order valence-electron chi connectivity index (χ1n) is 6.31. The number of nitrogens with one attached hydrogen (secondary N) is 1. The van der Waals surface area contributed by atoms with Crippen LogP contribution in [0.15, 0.2) is 29.2 Å². The molecule has 3 N–H and O–H groups in total. The van der Waals surface area contributed by atoms with Gasteiger partial charge in [-0.15, -0.1) is 0 Å². The Bertz CT molecular complexity index is 701. The molecule has 0 unspecified atom stereocenters. The van der Waals surface area contributed by atoms with E-state index in [1.54, 1.807) is 0 Å². The van der Waals surface area contributed by atoms with Gasteiger partial charge < -0.3 is 15.1 Å². The third-order valence-electron chi connectivity index (χ3n) is 2.81. The van der Waals surface area contributed by atoms with Crippen molar-refractivity contribution >= 4 is 23.6 Å². The molecule has 0 saturated carbocycles. The minimum atomic E-state index is -4.98. The van der Waals surface area contributed by atoms with Gasteiger partial charge in [0.05, 0.1) is 10.9 Å². The van der Waals surface area contributed by atoms with Gasteiger partial charge in [-0.3, -0.25) is 9.32 Å². The highest BCUT2D eigenvalue weighted by atomic mass is 32.2. The van der Waals surface area contributed by atoms with Gasteiger partial charge >= 0.3 is 7.82 Å². The van der Waals surface area contributed by atoms with E-state index < -0.39 is 42.4 Å². The molecule has 1 amide bonds. The summed E-state index contributed by atoms with van der Waals surface area (Å²) in [6.45, 7) is -0.0258. The molecular weight excluding hydrogens is 352 g/mol. The quantitative estimate of drug-likeness (QED) is 0.604. The average Bonchev–Trinajstić information content (AvgIpc) is 2.40. The maximum Gasteiger partial charge on any atom is 0.470 e. The van der Waals surface area contributed by atoms with Crippen molar-refractivity contribution in [3.05, 3.63) is 29.8 Å². The number of phosphoric acid groups is 1. The van der Waals surface area contributed by atoms with Crippen LogP contribution >= 0.6 is 7.82 Å². The largest absolute Gasteiger partial charge is 0.470 e. The number of rotatable bonds is 7. The van der Waals surface area contributed by atoms with Gasteiger partial charge in [0.25, 0.3) is 0 Å². The summed E-state index contributed by atoms with van der Waals surface area (Å²) < 4.78 is 51.6. The van der Waals surface area contributed by atoms with Gasteiger partial charge in [-0.2, -0.15) is 0 Å². The maximum absolute atomic E-state index is 13.2. The highest BCUT2D eigenvalue weighted by Gasteiger charge is 2.31. The highest BCUT2D eigenvalue weighted by Crippen LogP contribution is 2.43. The van der Waals surface area contributed by atoms with Crippen LogP contribution in [-0.2, 0) is 23.7 Å². The van der Waals surface area contributed by atoms with Crippen LogP contribution in [0.1, 0.15) is 18.6 Å². The second-order valence-electron chi connectivity index (χ2n) is 4.82. The number of carbonyl (C=O) groups is 1. The molecule has 0 heterocycles. The Morgan fingerprint density at radius 1 is 1.35 bits per heavy atom. The van der Waals surface area contributed by atoms with E-state index >= 15 is 0 Å². The molecule has 1 rings (SSSR count). The summed E-state index contributed by atoms with van der Waals surface area (Å²) in [6, 6.07) is 3.53. The second kappa shape index (κ2) is 7.50. The standard InChI is InChI=1S/C12H17FNO7PS/c1-8(15)14-11(7-13)12(21-22(16,17)18)9-3-5-10(6-4-9)23(2,19)20/h3-6,11-12H,7H2,1-2H3,(H,14,15)(H2,16,17,18)/t11-,12-/m1/s1. The van der Waals surface area contributed by atoms with Crippen LogP contribution in [0.3, 0.4) is 0 Å². The van der Waals surface area contributed by atoms with E-state index in [1.165, 1.54) is 24.3 Å². The molecule has 0 aromatic heterocycles. The van der Waals surface area contributed by atoms with Crippen LogP contribution in [-0.4, -0.2) is 43.1 Å². The smallest absolute Gasteiger partial charge is 0.348 e. The van der Waals surface area contributed by atoms with Gasteiger partial charge in [0.2, 0.25) is 5.91 Å². The fraction of sp³-hybridized carbons (Fsp3) is 0.417. The van der Waals surface area contributed by atoms with Crippen molar-refractivity contribution in [1.82, 2.24) is 5.32 Å². The first-order chi connectivity index (χ1) is 10.4. The summed E-state index contributed by atoms with van der Waals surface area (Å²) in [5.74, 6) is -0.611. The summed E-state index contributed by atoms with van der Waals surface area (Å²) in [7, 11) is -8.44. The zero-order valence-electron chi connectivity index (χ0n) is 12.3. The number of phosphoric ester groups is 1. The van der Waals surface area contributed by atoms with Crippen molar-refractivity contribution < 1.29 is 36.5 Å². The molecular formula is C12H17FNO7PS. The monoisotopic (exact) mass is 369 g/mol. The predicted octanol–water partition coefficient (Wildman–Crippen LogP) is 0.715. The molecule has 23 heavy (non-hydrogen) atoms. The zero-order chi connectivity index (χ0) is 17.8. The molecule has 0 spiro atoms. The van der Waals surface area contributed by atoms with Gasteiger partial charge in [0, 0.05) is 13.2 Å². The third kappa shape index (κ3) is 6.36. The second-order valence-corrected chi connectivity index (χ2v) is 8.03. The predicted molar refractivity (Wildman–Crippen MR) is 79.0 cm³/mol. The summed E-state index contributed by atoms with van der Waals surface area (Å²) in [6.07, 6.45) is -0.494. The molecule has 1 aromatic rings. The topological polar surface area (TPSA) is 130 Å². The van der Waals surface area contributed by atoms with Crippen LogP contribution in [0.5, 0.6) is 0 Å². The van der Waals surface area contributed by atoms with E-state index in [1.807, 2.05) is 0 Å². The van der Waals surface area contributed by atoms with Gasteiger partial charge in [-0.05, 0) is 17.7 Å². The fourth-order valence-electron chi connectivity index (χ4n) is 1.88. The minimum Gasteiger partial charge on any atom is -0.348 e. The molecule has 0 bridgehead atoms. The Balaban J connectivity index is 3.22. The van der Waals surface area contributed by atoms with Gasteiger partial charge in [0.1, 0.15) is 12.8 Å². The molecule has 0 saturated heterocycles.